The maximum atomic E-state index is 5.57. The summed E-state index contributed by atoms with van der Waals surface area (Å²) in [4.78, 5) is 8.27. The Kier molecular flexibility index (Phi) is 1.80. The Bertz CT molecular complexity index is 773. The molecule has 0 N–H and O–H groups in total. The van der Waals surface area contributed by atoms with E-state index in [0.29, 0.717) is 11.5 Å². The van der Waals surface area contributed by atoms with Crippen molar-refractivity contribution in [3.8, 4) is 11.5 Å². The van der Waals surface area contributed by atoms with E-state index in [9.17, 15) is 0 Å². The molecule has 4 nitrogen and oxygen atoms in total. The van der Waals surface area contributed by atoms with Crippen molar-refractivity contribution in [2.45, 2.75) is 0 Å². The van der Waals surface area contributed by atoms with Crippen molar-refractivity contribution in [3.63, 3.8) is 0 Å². The quantitative estimate of drug-likeness (QED) is 0.507. The number of hydrogen-bond donors (Lipinski definition) is 0. The number of nitrogens with zero attached hydrogens (tertiary/aromatic N) is 2. The number of aromatic nitrogens is 2. The Hall–Kier alpha value is -2.62. The van der Waals surface area contributed by atoms with Gasteiger partial charge in [0.05, 0.1) is 10.8 Å². The molecular formula is C14H7N2O2. The molecule has 0 saturated heterocycles. The molecule has 4 aromatic heterocycles. The zero-order valence-corrected chi connectivity index (χ0v) is 9.25. The molecular weight excluding hydrogens is 228 g/mol. The lowest BCUT2D eigenvalue weighted by Crippen LogP contribution is -1.75. The molecule has 0 fully saturated rings. The van der Waals surface area contributed by atoms with Gasteiger partial charge in [0, 0.05) is 24.0 Å². The van der Waals surface area contributed by atoms with Crippen LogP contribution in [-0.2, 0) is 0 Å². The standard InChI is InChI=1S/C14H7N2O2/c1-2-11-12(16-4-1)8-18-14(11)13-10-3-5-15-6-9(10)7-17-13/h1-6,8H. The molecule has 0 aromatic carbocycles. The molecule has 0 aliphatic heterocycles. The van der Waals surface area contributed by atoms with Gasteiger partial charge in [0.1, 0.15) is 11.8 Å². The highest BCUT2D eigenvalue weighted by atomic mass is 16.4. The van der Waals surface area contributed by atoms with E-state index < -0.39 is 0 Å². The molecule has 4 aromatic rings. The first-order valence-electron chi connectivity index (χ1n) is 5.50. The molecule has 4 heterocycles. The predicted molar refractivity (Wildman–Crippen MR) is 65.8 cm³/mol. The highest BCUT2D eigenvalue weighted by Crippen LogP contribution is 2.34. The fourth-order valence-electron chi connectivity index (χ4n) is 2.06. The van der Waals surface area contributed by atoms with E-state index in [1.54, 1.807) is 24.9 Å². The Morgan fingerprint density at radius 3 is 3.06 bits per heavy atom. The summed E-state index contributed by atoms with van der Waals surface area (Å²) in [7, 11) is 0. The minimum Gasteiger partial charge on any atom is -0.458 e. The minimum atomic E-state index is 0.662. The number of furan rings is 2. The van der Waals surface area contributed by atoms with Crippen molar-refractivity contribution in [2.24, 2.45) is 0 Å². The summed E-state index contributed by atoms with van der Waals surface area (Å²) in [5, 5.41) is 2.70. The monoisotopic (exact) mass is 235 g/mol. The molecule has 0 bridgehead atoms. The van der Waals surface area contributed by atoms with Crippen LogP contribution in [0.2, 0.25) is 0 Å². The Morgan fingerprint density at radius 2 is 2.06 bits per heavy atom. The summed E-state index contributed by atoms with van der Waals surface area (Å²) >= 11 is 0. The number of fused-ring (bicyclic) bond motifs is 2. The van der Waals surface area contributed by atoms with Crippen molar-refractivity contribution < 1.29 is 8.83 Å². The third kappa shape index (κ3) is 1.20. The highest BCUT2D eigenvalue weighted by Gasteiger charge is 2.16. The van der Waals surface area contributed by atoms with Crippen LogP contribution in [0.1, 0.15) is 0 Å². The lowest BCUT2D eigenvalue weighted by atomic mass is 10.1. The fraction of sp³-hybridized carbons (Fsp3) is 0. The van der Waals surface area contributed by atoms with E-state index in [1.807, 2.05) is 18.2 Å². The van der Waals surface area contributed by atoms with Gasteiger partial charge in [-0.05, 0) is 18.2 Å². The lowest BCUT2D eigenvalue weighted by molar-refractivity contribution is 0.526. The van der Waals surface area contributed by atoms with Gasteiger partial charge in [0.15, 0.2) is 17.8 Å². The fourth-order valence-corrected chi connectivity index (χ4v) is 2.06. The molecule has 0 aliphatic rings. The minimum absolute atomic E-state index is 0.662. The van der Waals surface area contributed by atoms with E-state index in [0.717, 1.165) is 21.7 Å². The summed E-state index contributed by atoms with van der Waals surface area (Å²) in [6.07, 6.45) is 9.62. The van der Waals surface area contributed by atoms with Crippen LogP contribution >= 0.6 is 0 Å². The van der Waals surface area contributed by atoms with E-state index in [1.165, 1.54) is 0 Å². The van der Waals surface area contributed by atoms with Crippen molar-refractivity contribution in [2.75, 3.05) is 0 Å². The van der Waals surface area contributed by atoms with E-state index in [2.05, 4.69) is 16.2 Å². The summed E-state index contributed by atoms with van der Waals surface area (Å²) in [6.45, 7) is 0. The smallest absolute Gasteiger partial charge is 0.180 e. The van der Waals surface area contributed by atoms with Crippen LogP contribution in [0.4, 0.5) is 0 Å². The average molecular weight is 235 g/mol. The van der Waals surface area contributed by atoms with Gasteiger partial charge in [-0.3, -0.25) is 9.97 Å². The molecule has 0 aliphatic carbocycles. The second kappa shape index (κ2) is 3.43. The van der Waals surface area contributed by atoms with Crippen LogP contribution < -0.4 is 0 Å². The summed E-state index contributed by atoms with van der Waals surface area (Å²) in [6, 6.07) is 5.71. The largest absolute Gasteiger partial charge is 0.458 e. The molecule has 0 amide bonds. The van der Waals surface area contributed by atoms with Crippen LogP contribution in [0, 0.1) is 6.26 Å². The molecule has 18 heavy (non-hydrogen) atoms. The van der Waals surface area contributed by atoms with Gasteiger partial charge in [-0.15, -0.1) is 0 Å². The van der Waals surface area contributed by atoms with Crippen LogP contribution in [0.5, 0.6) is 0 Å². The lowest BCUT2D eigenvalue weighted by Gasteiger charge is -1.94. The molecule has 4 rings (SSSR count). The molecule has 0 spiro atoms. The molecule has 0 unspecified atom stereocenters. The number of pyridine rings is 2. The van der Waals surface area contributed by atoms with Crippen molar-refractivity contribution in [3.05, 3.63) is 49.3 Å². The van der Waals surface area contributed by atoms with Crippen LogP contribution in [-0.4, -0.2) is 9.97 Å². The SMILES string of the molecule is [c]1oc(-c2occ3ncccc23)c2ccncc12. The van der Waals surface area contributed by atoms with E-state index in [-0.39, 0.29) is 0 Å². The molecule has 85 valence electrons. The first kappa shape index (κ1) is 9.41. The summed E-state index contributed by atoms with van der Waals surface area (Å²) in [5.74, 6) is 1.34. The van der Waals surface area contributed by atoms with E-state index >= 15 is 0 Å². The molecule has 1 radical (unpaired) electrons. The molecule has 4 heteroatoms. The van der Waals surface area contributed by atoms with Crippen LogP contribution in [0.15, 0.2) is 51.9 Å². The summed E-state index contributed by atoms with van der Waals surface area (Å²) in [5.41, 5.74) is 0.811. The number of rotatable bonds is 1. The maximum absolute atomic E-state index is 5.57. The van der Waals surface area contributed by atoms with Crippen molar-refractivity contribution in [1.82, 2.24) is 9.97 Å². The van der Waals surface area contributed by atoms with E-state index in [4.69, 9.17) is 8.83 Å². The number of hydrogen-bond acceptors (Lipinski definition) is 4. The second-order valence-electron chi connectivity index (χ2n) is 3.96. The van der Waals surface area contributed by atoms with Crippen molar-refractivity contribution >= 4 is 21.7 Å². The van der Waals surface area contributed by atoms with Gasteiger partial charge in [0.25, 0.3) is 0 Å². The molecule has 0 saturated carbocycles. The highest BCUT2D eigenvalue weighted by molar-refractivity contribution is 5.99. The first-order chi connectivity index (χ1) is 8.93. The zero-order valence-electron chi connectivity index (χ0n) is 9.25. The second-order valence-corrected chi connectivity index (χ2v) is 3.96. The Morgan fingerprint density at radius 1 is 1.06 bits per heavy atom. The maximum Gasteiger partial charge on any atom is 0.180 e. The van der Waals surface area contributed by atoms with Gasteiger partial charge >= 0.3 is 0 Å². The van der Waals surface area contributed by atoms with Gasteiger partial charge in [-0.2, -0.15) is 0 Å². The Labute approximate surface area is 102 Å². The normalized spacial score (nSPS) is 11.3. The van der Waals surface area contributed by atoms with Crippen LogP contribution in [0.3, 0.4) is 0 Å². The average Bonchev–Trinajstić information content (AvgIpc) is 3.01. The topological polar surface area (TPSA) is 52.1 Å². The first-order valence-corrected chi connectivity index (χ1v) is 5.50. The predicted octanol–water partition coefficient (Wildman–Crippen LogP) is 3.44. The third-order valence-electron chi connectivity index (χ3n) is 2.91. The Balaban J connectivity index is 2.08. The van der Waals surface area contributed by atoms with Gasteiger partial charge in [-0.25, -0.2) is 0 Å². The third-order valence-corrected chi connectivity index (χ3v) is 2.91. The van der Waals surface area contributed by atoms with Gasteiger partial charge in [-0.1, -0.05) is 0 Å². The summed E-state index contributed by atoms with van der Waals surface area (Å²) < 4.78 is 11.1. The van der Waals surface area contributed by atoms with Gasteiger partial charge in [0.2, 0.25) is 0 Å². The molecule has 0 atom stereocenters. The van der Waals surface area contributed by atoms with Crippen LogP contribution in [0.25, 0.3) is 33.2 Å². The van der Waals surface area contributed by atoms with Crippen molar-refractivity contribution in [1.29, 1.82) is 0 Å². The van der Waals surface area contributed by atoms with Gasteiger partial charge < -0.3 is 8.83 Å². The zero-order chi connectivity index (χ0) is 11.9.